The molecule has 4 nitrogen and oxygen atoms in total. The number of unbranched alkanes of at least 4 members (excludes halogenated alkanes) is 12. The van der Waals surface area contributed by atoms with Crippen LogP contribution in [0, 0.1) is 0 Å². The van der Waals surface area contributed by atoms with Gasteiger partial charge >= 0.3 is 0 Å². The van der Waals surface area contributed by atoms with E-state index in [1.165, 1.54) is 215 Å². The lowest BCUT2D eigenvalue weighted by Crippen LogP contribution is -2.42. The van der Waals surface area contributed by atoms with Crippen LogP contribution in [-0.4, -0.2) is 19.9 Å². The van der Waals surface area contributed by atoms with Crippen LogP contribution in [0.1, 0.15) is 266 Å². The summed E-state index contributed by atoms with van der Waals surface area (Å²) in [6.07, 6.45) is 32.6. The van der Waals surface area contributed by atoms with E-state index in [2.05, 4.69) is 125 Å². The minimum absolute atomic E-state index is 0.0352. The molecule has 8 aromatic rings. The summed E-state index contributed by atoms with van der Waals surface area (Å²) < 4.78 is 0. The van der Waals surface area contributed by atoms with Crippen molar-refractivity contribution in [3.05, 3.63) is 209 Å². The quantitative estimate of drug-likeness (QED) is 0.0714. The summed E-state index contributed by atoms with van der Waals surface area (Å²) in [5.41, 5.74) is 40.7. The molecule has 0 saturated carbocycles. The van der Waals surface area contributed by atoms with Gasteiger partial charge in [0.2, 0.25) is 0 Å². The fourth-order valence-corrected chi connectivity index (χ4v) is 18.0. The van der Waals surface area contributed by atoms with E-state index in [0.717, 1.165) is 77.0 Å². The molecule has 0 N–H and O–H groups in total. The van der Waals surface area contributed by atoms with E-state index in [0.29, 0.717) is 0 Å². The van der Waals surface area contributed by atoms with Crippen LogP contribution in [0.25, 0.3) is 45.0 Å². The van der Waals surface area contributed by atoms with E-state index < -0.39 is 0 Å². The van der Waals surface area contributed by atoms with Gasteiger partial charge in [0.15, 0.2) is 0 Å². The standard InChI is InChI=1S/C80H88N4/c1-5-9-13-17-37-57-61-45-41-49-29-21-25-33-53(49)73(61)81-77-65(57)69-66-58(38-18-14-10-6-2)62-46-42-50-30-22-26-34-54(50)74(62)82-78(66)72(77)70-67-59(39-19-15-11-7-3)63-47-43-51-31-23-27-35-55(51)75(63)83-79(67)71(69)80-68(70)60(40-20-16-12-8-4)64-48-44-52-32-24-28-36-56(52)76(64)84-80/h21-36,69-72H,5-20,37-48H2,1-4H3. The lowest BCUT2D eigenvalue weighted by molar-refractivity contribution is 0.472. The van der Waals surface area contributed by atoms with Crippen LogP contribution in [0.4, 0.5) is 0 Å². The number of hydrogen-bond donors (Lipinski definition) is 0. The summed E-state index contributed by atoms with van der Waals surface area (Å²) in [6, 6.07) is 37.5. The highest BCUT2D eigenvalue weighted by Crippen LogP contribution is 2.68. The topological polar surface area (TPSA) is 51.6 Å². The van der Waals surface area contributed by atoms with Gasteiger partial charge in [-0.2, -0.15) is 0 Å². The highest BCUT2D eigenvalue weighted by Gasteiger charge is 2.57. The Morgan fingerprint density at radius 2 is 0.512 bits per heavy atom. The molecule has 0 saturated heterocycles. The molecule has 428 valence electrons. The zero-order valence-corrected chi connectivity index (χ0v) is 51.1. The number of fused-ring (bicyclic) bond motifs is 12. The first kappa shape index (κ1) is 54.2. The van der Waals surface area contributed by atoms with E-state index in [1.54, 1.807) is 44.5 Å². The molecule has 10 aliphatic carbocycles. The Morgan fingerprint density at radius 3 is 0.750 bits per heavy atom. The van der Waals surface area contributed by atoms with Crippen LogP contribution in [0.3, 0.4) is 0 Å². The van der Waals surface area contributed by atoms with Crippen LogP contribution in [-0.2, 0) is 77.0 Å². The van der Waals surface area contributed by atoms with Gasteiger partial charge in [-0.1, -0.05) is 202 Å². The van der Waals surface area contributed by atoms with E-state index >= 15 is 0 Å². The first-order valence-electron chi connectivity index (χ1n) is 34.1. The minimum atomic E-state index is -0.109. The SMILES string of the molecule is CCCCCCc1c2c(nc3c1C1c4c(nc5c(c4CCCCCC)CCc4ccccc4-5)C3C3c4c(nc5c(c4CCCCCC)CCc4ccccc4-5)C1c1nc4c(c(CCCCCC)c13)CCc1ccccc1-4)-c1ccccc1CC2. The summed E-state index contributed by atoms with van der Waals surface area (Å²) >= 11 is 0. The van der Waals surface area contributed by atoms with Crippen LogP contribution in [0.5, 0.6) is 0 Å². The van der Waals surface area contributed by atoms with Gasteiger partial charge < -0.3 is 0 Å². The maximum Gasteiger partial charge on any atom is 0.0743 e. The second kappa shape index (κ2) is 23.1. The number of aryl methyl sites for hydroxylation is 4. The van der Waals surface area contributed by atoms with Crippen molar-refractivity contribution in [3.8, 4) is 45.0 Å². The number of benzene rings is 4. The lowest BCUT2D eigenvalue weighted by Gasteiger charge is -2.52. The summed E-state index contributed by atoms with van der Waals surface area (Å²) in [5.74, 6) is -0.288. The molecule has 0 unspecified atom stereocenters. The first-order valence-corrected chi connectivity index (χ1v) is 34.1. The molecule has 18 rings (SSSR count). The molecule has 4 aromatic carbocycles. The van der Waals surface area contributed by atoms with E-state index in [4.69, 9.17) is 19.9 Å². The monoisotopic (exact) mass is 1100 g/mol. The van der Waals surface area contributed by atoms with Crippen molar-refractivity contribution in [2.45, 2.75) is 231 Å². The summed E-state index contributed by atoms with van der Waals surface area (Å²) in [7, 11) is 0. The van der Waals surface area contributed by atoms with Gasteiger partial charge in [-0.25, -0.2) is 0 Å². The highest BCUT2D eigenvalue weighted by atomic mass is 14.9. The number of aromatic nitrogens is 4. The fourth-order valence-electron chi connectivity index (χ4n) is 18.0. The van der Waals surface area contributed by atoms with Gasteiger partial charge in [-0.15, -0.1) is 0 Å². The number of nitrogens with zero attached hydrogens (tertiary/aromatic N) is 4. The summed E-state index contributed by atoms with van der Waals surface area (Å²) in [4.78, 5) is 26.0. The Kier molecular flexibility index (Phi) is 14.9. The smallest absolute Gasteiger partial charge is 0.0743 e. The molecule has 0 fully saturated rings. The Balaban J connectivity index is 1.12. The molecular weight excluding hydrogens is 1020 g/mol. The largest absolute Gasteiger partial charge is 0.251 e. The van der Waals surface area contributed by atoms with Crippen molar-refractivity contribution in [2.24, 2.45) is 0 Å². The number of rotatable bonds is 20. The normalized spacial score (nSPS) is 18.3. The summed E-state index contributed by atoms with van der Waals surface area (Å²) in [5, 5.41) is 0. The predicted octanol–water partition coefficient (Wildman–Crippen LogP) is 19.7. The predicted molar refractivity (Wildman–Crippen MR) is 347 cm³/mol. The molecule has 0 amide bonds. The number of hydrogen-bond acceptors (Lipinski definition) is 4. The molecule has 4 bridgehead atoms. The maximum absolute atomic E-state index is 6.51. The van der Waals surface area contributed by atoms with Crippen LogP contribution >= 0.6 is 0 Å². The fraction of sp³-hybridized carbons (Fsp3) is 0.450. The van der Waals surface area contributed by atoms with Crippen molar-refractivity contribution < 1.29 is 0 Å². The third-order valence-electron chi connectivity index (χ3n) is 21.8. The Labute approximate surface area is 502 Å². The Morgan fingerprint density at radius 1 is 0.274 bits per heavy atom. The Hall–Kier alpha value is -6.52. The molecular formula is C80H88N4. The van der Waals surface area contributed by atoms with Gasteiger partial charge in [-0.3, -0.25) is 19.9 Å². The zero-order chi connectivity index (χ0) is 56.4. The molecule has 84 heavy (non-hydrogen) atoms. The average molecular weight is 1110 g/mol. The van der Waals surface area contributed by atoms with Crippen LogP contribution in [0.2, 0.25) is 0 Å². The van der Waals surface area contributed by atoms with Crippen molar-refractivity contribution in [3.63, 3.8) is 0 Å². The van der Waals surface area contributed by atoms with Crippen molar-refractivity contribution >= 4 is 0 Å². The van der Waals surface area contributed by atoms with Gasteiger partial charge in [0.25, 0.3) is 0 Å². The first-order chi connectivity index (χ1) is 41.6. The molecule has 10 aliphatic rings. The number of pyridine rings is 4. The molecule has 0 atom stereocenters. The molecule has 4 aromatic heterocycles. The average Bonchev–Trinajstić information content (AvgIpc) is 0.681. The summed E-state index contributed by atoms with van der Waals surface area (Å²) in [6.45, 7) is 9.50. The van der Waals surface area contributed by atoms with Crippen molar-refractivity contribution in [1.82, 2.24) is 19.9 Å². The second-order valence-corrected chi connectivity index (χ2v) is 26.6. The highest BCUT2D eigenvalue weighted by molar-refractivity contribution is 5.82. The molecule has 4 heteroatoms. The molecule has 0 spiro atoms. The second-order valence-electron chi connectivity index (χ2n) is 26.6. The maximum atomic E-state index is 6.51. The van der Waals surface area contributed by atoms with Crippen LogP contribution in [0.15, 0.2) is 97.1 Å². The van der Waals surface area contributed by atoms with Crippen LogP contribution < -0.4 is 0 Å². The van der Waals surface area contributed by atoms with Crippen molar-refractivity contribution in [2.75, 3.05) is 0 Å². The van der Waals surface area contributed by atoms with Gasteiger partial charge in [0, 0.05) is 34.1 Å². The van der Waals surface area contributed by atoms with E-state index in [9.17, 15) is 0 Å². The minimum Gasteiger partial charge on any atom is -0.251 e. The molecule has 0 radical (unpaired) electrons. The third kappa shape index (κ3) is 8.85. The van der Waals surface area contributed by atoms with Gasteiger partial charge in [0.1, 0.15) is 0 Å². The lowest BCUT2D eigenvalue weighted by atomic mass is 9.53. The van der Waals surface area contributed by atoms with E-state index in [1.807, 2.05) is 0 Å². The Bertz CT molecular complexity index is 3360. The van der Waals surface area contributed by atoms with Gasteiger partial charge in [-0.05, 0) is 192 Å². The zero-order valence-electron chi connectivity index (χ0n) is 51.1. The third-order valence-corrected chi connectivity index (χ3v) is 21.8. The molecule has 0 aliphatic heterocycles. The van der Waals surface area contributed by atoms with Gasteiger partial charge in [0.05, 0.1) is 57.4 Å². The van der Waals surface area contributed by atoms with E-state index in [-0.39, 0.29) is 23.7 Å². The van der Waals surface area contributed by atoms with Crippen molar-refractivity contribution in [1.29, 1.82) is 0 Å². The molecule has 4 heterocycles.